The molecule has 0 aliphatic heterocycles. The SMILES string of the molecule is CC(C)(C)c1ccc([S+](c2ccccc2)c2ccccc2)cc1.c1cc[c]([Ga-]([c]2ccccc2)([c]2ccccc2)[c]2ccccc2)cc1. The third kappa shape index (κ3) is 7.47. The molecule has 0 aromatic heterocycles. The summed E-state index contributed by atoms with van der Waals surface area (Å²) in [6.07, 6.45) is 0. The van der Waals surface area contributed by atoms with Crippen LogP contribution in [0.1, 0.15) is 26.3 Å². The predicted molar refractivity (Wildman–Crippen MR) is 210 cm³/mol. The van der Waals surface area contributed by atoms with Gasteiger partial charge >= 0.3 is 153 Å². The first-order valence-corrected chi connectivity index (χ1v) is 22.9. The van der Waals surface area contributed by atoms with Gasteiger partial charge in [0, 0.05) is 0 Å². The maximum absolute atomic E-state index is 3.21. The Balaban J connectivity index is 0.000000168. The molecule has 0 saturated carbocycles. The summed E-state index contributed by atoms with van der Waals surface area (Å²) in [6, 6.07) is 75.1. The minimum absolute atomic E-state index is 0.0497. The fourth-order valence-electron chi connectivity index (χ4n) is 6.73. The van der Waals surface area contributed by atoms with Crippen molar-refractivity contribution >= 4 is 42.4 Å². The summed E-state index contributed by atoms with van der Waals surface area (Å²) in [4.78, 5) is 4.10. The molecule has 236 valence electrons. The van der Waals surface area contributed by atoms with Crippen molar-refractivity contribution in [3.8, 4) is 0 Å². The van der Waals surface area contributed by atoms with Crippen LogP contribution in [0.3, 0.4) is 0 Å². The Morgan fingerprint density at radius 1 is 0.312 bits per heavy atom. The van der Waals surface area contributed by atoms with Crippen LogP contribution in [0.2, 0.25) is 0 Å². The van der Waals surface area contributed by atoms with E-state index in [4.69, 9.17) is 0 Å². The zero-order valence-corrected chi connectivity index (χ0v) is 31.4. The van der Waals surface area contributed by atoms with Gasteiger partial charge in [0.05, 0.1) is 10.9 Å². The molecular formula is C46H43GaS. The van der Waals surface area contributed by atoms with Gasteiger partial charge in [0.25, 0.3) is 0 Å². The van der Waals surface area contributed by atoms with E-state index >= 15 is 0 Å². The molecule has 0 bridgehead atoms. The van der Waals surface area contributed by atoms with Crippen LogP contribution in [0, 0.1) is 0 Å². The topological polar surface area (TPSA) is 0 Å². The molecule has 7 aromatic carbocycles. The Morgan fingerprint density at radius 2 is 0.562 bits per heavy atom. The van der Waals surface area contributed by atoms with Gasteiger partial charge in [0.1, 0.15) is 0 Å². The van der Waals surface area contributed by atoms with Gasteiger partial charge in [-0.3, -0.25) is 0 Å². The average molecular weight is 698 g/mol. The first-order chi connectivity index (χ1) is 23.5. The molecule has 0 aliphatic carbocycles. The Labute approximate surface area is 293 Å². The second kappa shape index (κ2) is 15.6. The van der Waals surface area contributed by atoms with Crippen LogP contribution in [0.25, 0.3) is 0 Å². The summed E-state index contributed by atoms with van der Waals surface area (Å²) in [6.45, 7) is 6.78. The van der Waals surface area contributed by atoms with Crippen LogP contribution in [0.4, 0.5) is 0 Å². The minimum atomic E-state index is -3.21. The van der Waals surface area contributed by atoms with Crippen molar-refractivity contribution < 1.29 is 0 Å². The van der Waals surface area contributed by atoms with E-state index in [2.05, 4.69) is 227 Å². The van der Waals surface area contributed by atoms with Crippen molar-refractivity contribution in [3.05, 3.63) is 212 Å². The van der Waals surface area contributed by atoms with E-state index in [0.717, 1.165) is 0 Å². The zero-order chi connectivity index (χ0) is 33.2. The first kappa shape index (κ1) is 33.4. The number of hydrogen-bond donors (Lipinski definition) is 0. The number of rotatable bonds is 7. The monoisotopic (exact) mass is 696 g/mol. The summed E-state index contributed by atoms with van der Waals surface area (Å²) < 4.78 is 5.92. The molecule has 0 fully saturated rings. The Hall–Kier alpha value is -4.47. The molecule has 7 aromatic rings. The van der Waals surface area contributed by atoms with Crippen LogP contribution < -0.4 is 16.5 Å². The molecule has 0 N–H and O–H groups in total. The molecule has 7 rings (SSSR count). The predicted octanol–water partition coefficient (Wildman–Crippen LogP) is 9.14. The third-order valence-corrected chi connectivity index (χ3v) is 23.0. The van der Waals surface area contributed by atoms with Crippen molar-refractivity contribution in [3.63, 3.8) is 0 Å². The van der Waals surface area contributed by atoms with E-state index in [1.807, 2.05) is 0 Å². The molecular weight excluding hydrogens is 654 g/mol. The van der Waals surface area contributed by atoms with Gasteiger partial charge in [0.2, 0.25) is 0 Å². The molecule has 2 heteroatoms. The molecule has 0 spiro atoms. The second-order valence-corrected chi connectivity index (χ2v) is 24.5. The number of hydrogen-bond acceptors (Lipinski definition) is 0. The summed E-state index contributed by atoms with van der Waals surface area (Å²) in [5.74, 6) is 0. The quantitative estimate of drug-likeness (QED) is 0.115. The van der Waals surface area contributed by atoms with Gasteiger partial charge in [-0.2, -0.15) is 0 Å². The van der Waals surface area contributed by atoms with Crippen LogP contribution in [0.15, 0.2) is 221 Å². The molecule has 0 radical (unpaired) electrons. The van der Waals surface area contributed by atoms with Crippen LogP contribution in [-0.2, 0) is 16.3 Å². The summed E-state index contributed by atoms with van der Waals surface area (Å²) in [5, 5.41) is 0. The standard InChI is InChI=1S/C22H23S.4C6H5.Ga/c1-22(2,3)18-14-16-21(17-15-18)23(19-10-6-4-7-11-19)20-12-8-5-9-13-20;4*1-2-4-6-5-3-1;/h4-17H,1-3H3;4*1-5H;/q+1;;;;;-1. The van der Waals surface area contributed by atoms with Gasteiger partial charge < -0.3 is 0 Å². The molecule has 0 aliphatic rings. The molecule has 48 heavy (non-hydrogen) atoms. The van der Waals surface area contributed by atoms with Crippen molar-refractivity contribution in [2.45, 2.75) is 40.9 Å². The van der Waals surface area contributed by atoms with Crippen LogP contribution >= 0.6 is 0 Å². The normalized spacial score (nSPS) is 11.4. The Morgan fingerprint density at radius 3 is 0.833 bits per heavy atom. The Bertz CT molecular complexity index is 1750. The number of benzene rings is 7. The van der Waals surface area contributed by atoms with Crippen LogP contribution in [-0.4, -0.2) is 15.0 Å². The second-order valence-electron chi connectivity index (χ2n) is 13.2. The third-order valence-electron chi connectivity index (χ3n) is 9.11. The maximum atomic E-state index is 2.32. The van der Waals surface area contributed by atoms with Gasteiger partial charge in [-0.25, -0.2) is 0 Å². The van der Waals surface area contributed by atoms with E-state index in [0.29, 0.717) is 0 Å². The molecule has 0 nitrogen and oxygen atoms in total. The van der Waals surface area contributed by atoms with E-state index in [1.165, 1.54) is 36.7 Å². The molecule has 0 atom stereocenters. The summed E-state index contributed by atoms with van der Waals surface area (Å²) >= 11 is -3.21. The summed E-state index contributed by atoms with van der Waals surface area (Å²) in [5.41, 5.74) is 1.57. The summed E-state index contributed by atoms with van der Waals surface area (Å²) in [7, 11) is -0.0497. The fraction of sp³-hybridized carbons (Fsp3) is 0.0870. The molecule has 0 amide bonds. The van der Waals surface area contributed by atoms with E-state index in [-0.39, 0.29) is 16.3 Å². The molecule has 0 saturated heterocycles. The van der Waals surface area contributed by atoms with Crippen molar-refractivity contribution in [2.24, 2.45) is 0 Å². The average Bonchev–Trinajstić information content (AvgIpc) is 3.15. The van der Waals surface area contributed by atoms with E-state index in [9.17, 15) is 0 Å². The van der Waals surface area contributed by atoms with Gasteiger partial charge in [0.15, 0.2) is 14.7 Å². The fourth-order valence-corrected chi connectivity index (χ4v) is 20.4. The van der Waals surface area contributed by atoms with Gasteiger partial charge in [-0.05, 0) is 47.4 Å². The molecule has 0 unspecified atom stereocenters. The van der Waals surface area contributed by atoms with E-state index < -0.39 is 15.0 Å². The van der Waals surface area contributed by atoms with Crippen molar-refractivity contribution in [1.82, 2.24) is 0 Å². The molecule has 0 heterocycles. The first-order valence-electron chi connectivity index (χ1n) is 16.8. The Kier molecular flexibility index (Phi) is 10.9. The zero-order valence-electron chi connectivity index (χ0n) is 28.1. The van der Waals surface area contributed by atoms with Crippen LogP contribution in [0.5, 0.6) is 0 Å². The van der Waals surface area contributed by atoms with Gasteiger partial charge in [-0.15, -0.1) is 0 Å². The van der Waals surface area contributed by atoms with Crippen molar-refractivity contribution in [1.29, 1.82) is 0 Å². The van der Waals surface area contributed by atoms with E-state index in [1.54, 1.807) is 0 Å². The van der Waals surface area contributed by atoms with Crippen molar-refractivity contribution in [2.75, 3.05) is 0 Å². The van der Waals surface area contributed by atoms with Gasteiger partial charge in [-0.1, -0.05) is 69.3 Å².